The molecule has 0 aliphatic carbocycles. The lowest BCUT2D eigenvalue weighted by molar-refractivity contribution is -0.187. The Morgan fingerprint density at radius 3 is 1.76 bits per heavy atom. The number of carboxylic acid groups (broad SMARTS) is 1. The van der Waals surface area contributed by atoms with Crippen LogP contribution in [0.3, 0.4) is 0 Å². The number of hydrogen-bond donors (Lipinski definition) is 2. The summed E-state index contributed by atoms with van der Waals surface area (Å²) in [7, 11) is 0. The van der Waals surface area contributed by atoms with Gasteiger partial charge in [0, 0.05) is 12.5 Å². The molecule has 11 heteroatoms. The lowest BCUT2D eigenvalue weighted by Crippen LogP contribution is -2.60. The first-order valence-corrected chi connectivity index (χ1v) is 14.2. The second-order valence-corrected chi connectivity index (χ2v) is 11.1. The number of rotatable bonds is 15. The van der Waals surface area contributed by atoms with Gasteiger partial charge in [0.05, 0.1) is 5.92 Å². The first-order valence-electron chi connectivity index (χ1n) is 14.2. The van der Waals surface area contributed by atoms with Crippen LogP contribution in [0.15, 0.2) is 18.2 Å². The molecule has 0 aromatic heterocycles. The quantitative estimate of drug-likeness (QED) is 0.107. The minimum atomic E-state index is -2.12. The van der Waals surface area contributed by atoms with Gasteiger partial charge < -0.3 is 28.8 Å². The average Bonchev–Trinajstić information content (AvgIpc) is 2.88. The molecule has 0 aliphatic rings. The van der Waals surface area contributed by atoms with Crippen LogP contribution in [0.2, 0.25) is 0 Å². The van der Waals surface area contributed by atoms with Crippen LogP contribution in [0, 0.1) is 17.8 Å². The van der Waals surface area contributed by atoms with Crippen LogP contribution >= 0.6 is 0 Å². The molecule has 11 nitrogen and oxygen atoms in total. The van der Waals surface area contributed by atoms with Gasteiger partial charge in [-0.1, -0.05) is 54.5 Å². The molecule has 0 radical (unpaired) electrons. The van der Waals surface area contributed by atoms with Crippen molar-refractivity contribution in [1.82, 2.24) is 5.32 Å². The van der Waals surface area contributed by atoms with Crippen molar-refractivity contribution in [2.45, 2.75) is 112 Å². The van der Waals surface area contributed by atoms with E-state index in [4.69, 9.17) is 23.7 Å². The number of benzene rings is 1. The van der Waals surface area contributed by atoms with Crippen molar-refractivity contribution in [3.8, 4) is 11.5 Å². The maximum atomic E-state index is 12.8. The SMILES string of the molecule is CCC(C)N[C@@](Cc1ccc(OC(=O)OC(C)C(C)C)c(OC(=O)OC(C)C(C)C)c1)(OC(=O)C(C)CC)C(=O)O. The Labute approximate surface area is 243 Å². The van der Waals surface area contributed by atoms with Crippen LogP contribution in [-0.4, -0.2) is 53.3 Å². The summed E-state index contributed by atoms with van der Waals surface area (Å²) in [6.07, 6.45) is -2.25. The van der Waals surface area contributed by atoms with Crippen molar-refractivity contribution >= 4 is 24.2 Å². The van der Waals surface area contributed by atoms with E-state index in [1.807, 2.05) is 34.6 Å². The van der Waals surface area contributed by atoms with Crippen LogP contribution in [0.4, 0.5) is 9.59 Å². The number of ether oxygens (including phenoxy) is 5. The minimum Gasteiger partial charge on any atom is -0.477 e. The van der Waals surface area contributed by atoms with Crippen molar-refractivity contribution in [1.29, 1.82) is 0 Å². The van der Waals surface area contributed by atoms with Crippen LogP contribution in [0.5, 0.6) is 11.5 Å². The van der Waals surface area contributed by atoms with Gasteiger partial charge in [0.25, 0.3) is 5.72 Å². The van der Waals surface area contributed by atoms with Crippen molar-refractivity contribution in [2.75, 3.05) is 0 Å². The first kappa shape index (κ1) is 35.7. The fourth-order valence-corrected chi connectivity index (χ4v) is 3.15. The van der Waals surface area contributed by atoms with E-state index in [2.05, 4.69) is 5.32 Å². The van der Waals surface area contributed by atoms with Crippen molar-refractivity contribution in [2.24, 2.45) is 17.8 Å². The Hall–Kier alpha value is -3.34. The molecule has 0 aliphatic heterocycles. The van der Waals surface area contributed by atoms with E-state index in [0.29, 0.717) is 18.4 Å². The molecule has 0 fully saturated rings. The Balaban J connectivity index is 3.50. The van der Waals surface area contributed by atoms with Gasteiger partial charge in [0.2, 0.25) is 0 Å². The third kappa shape index (κ3) is 11.2. The second-order valence-electron chi connectivity index (χ2n) is 11.1. The smallest absolute Gasteiger partial charge is 0.477 e. The summed E-state index contributed by atoms with van der Waals surface area (Å²) in [6, 6.07) is 3.84. The van der Waals surface area contributed by atoms with Crippen molar-refractivity contribution < 1.29 is 48.0 Å². The van der Waals surface area contributed by atoms with Gasteiger partial charge in [-0.15, -0.1) is 0 Å². The molecule has 1 aromatic carbocycles. The van der Waals surface area contributed by atoms with Gasteiger partial charge in [0.1, 0.15) is 12.2 Å². The monoisotopic (exact) mass is 581 g/mol. The van der Waals surface area contributed by atoms with Crippen LogP contribution in [0.1, 0.15) is 87.6 Å². The van der Waals surface area contributed by atoms with E-state index in [1.165, 1.54) is 18.2 Å². The molecule has 0 bridgehead atoms. The molecule has 0 saturated heterocycles. The molecular weight excluding hydrogens is 534 g/mol. The zero-order valence-corrected chi connectivity index (χ0v) is 25.9. The summed E-state index contributed by atoms with van der Waals surface area (Å²) in [5, 5.41) is 13.2. The fraction of sp³-hybridized carbons (Fsp3) is 0.667. The van der Waals surface area contributed by atoms with Gasteiger partial charge in [-0.25, -0.2) is 14.4 Å². The molecule has 41 heavy (non-hydrogen) atoms. The summed E-state index contributed by atoms with van der Waals surface area (Å²) < 4.78 is 26.9. The standard InChI is InChI=1S/C30H47NO10/c1-11-19(7)26(32)41-30(27(33)34,31-20(8)12-2)16-23-13-14-24(39-28(35)37-21(9)17(3)4)25(15-23)40-29(36)38-22(10)18(5)6/h13-15,17-22,31H,11-12,16H2,1-10H3,(H,33,34)/t19?,20?,21?,22?,30-/m0/s1. The van der Waals surface area contributed by atoms with E-state index < -0.39 is 48.1 Å². The first-order chi connectivity index (χ1) is 19.0. The second kappa shape index (κ2) is 16.2. The molecule has 2 N–H and O–H groups in total. The zero-order valence-electron chi connectivity index (χ0n) is 25.9. The number of hydrogen-bond acceptors (Lipinski definition) is 10. The Morgan fingerprint density at radius 2 is 1.32 bits per heavy atom. The van der Waals surface area contributed by atoms with Crippen LogP contribution in [0.25, 0.3) is 0 Å². The highest BCUT2D eigenvalue weighted by atomic mass is 16.8. The molecule has 0 amide bonds. The van der Waals surface area contributed by atoms with Crippen LogP contribution in [-0.2, 0) is 30.2 Å². The highest BCUT2D eigenvalue weighted by Crippen LogP contribution is 2.32. The summed E-state index contributed by atoms with van der Waals surface area (Å²) in [6.45, 7) is 18.0. The molecule has 232 valence electrons. The molecule has 1 rings (SSSR count). The van der Waals surface area contributed by atoms with E-state index in [0.717, 1.165) is 0 Å². The highest BCUT2D eigenvalue weighted by Gasteiger charge is 2.44. The van der Waals surface area contributed by atoms with Gasteiger partial charge in [-0.2, -0.15) is 0 Å². The molecule has 0 spiro atoms. The fourth-order valence-electron chi connectivity index (χ4n) is 3.15. The molecular formula is C30H47NO10. The lowest BCUT2D eigenvalue weighted by Gasteiger charge is -2.34. The molecule has 5 atom stereocenters. The Bertz CT molecular complexity index is 1040. The largest absolute Gasteiger partial charge is 0.514 e. The molecule has 0 saturated carbocycles. The van der Waals surface area contributed by atoms with E-state index in [1.54, 1.807) is 34.6 Å². The Morgan fingerprint density at radius 1 is 0.805 bits per heavy atom. The van der Waals surface area contributed by atoms with E-state index >= 15 is 0 Å². The molecule has 1 aromatic rings. The number of carboxylic acids is 1. The summed E-state index contributed by atoms with van der Waals surface area (Å²) in [4.78, 5) is 50.4. The number of carbonyl (C=O) groups excluding carboxylic acids is 3. The normalized spacial score (nSPS) is 15.7. The lowest BCUT2D eigenvalue weighted by atomic mass is 9.99. The van der Waals surface area contributed by atoms with Gasteiger partial charge in [-0.3, -0.25) is 10.1 Å². The molecule has 4 unspecified atom stereocenters. The predicted molar refractivity (Wildman–Crippen MR) is 152 cm³/mol. The van der Waals surface area contributed by atoms with Crippen LogP contribution < -0.4 is 14.8 Å². The maximum absolute atomic E-state index is 12.8. The Kier molecular flexibility index (Phi) is 14.1. The summed E-state index contributed by atoms with van der Waals surface area (Å²) >= 11 is 0. The highest BCUT2D eigenvalue weighted by molar-refractivity contribution is 5.83. The van der Waals surface area contributed by atoms with E-state index in [9.17, 15) is 24.3 Å². The summed E-state index contributed by atoms with van der Waals surface area (Å²) in [5.74, 6) is -2.89. The van der Waals surface area contributed by atoms with Gasteiger partial charge >= 0.3 is 24.2 Å². The van der Waals surface area contributed by atoms with Crippen molar-refractivity contribution in [3.63, 3.8) is 0 Å². The third-order valence-corrected chi connectivity index (χ3v) is 7.02. The predicted octanol–water partition coefficient (Wildman–Crippen LogP) is 6.11. The summed E-state index contributed by atoms with van der Waals surface area (Å²) in [5.41, 5.74) is -1.80. The maximum Gasteiger partial charge on any atom is 0.514 e. The number of carbonyl (C=O) groups is 4. The topological polar surface area (TPSA) is 147 Å². The van der Waals surface area contributed by atoms with Gasteiger partial charge in [-0.05, 0) is 63.1 Å². The third-order valence-electron chi connectivity index (χ3n) is 7.02. The molecule has 0 heterocycles. The number of nitrogens with one attached hydrogen (secondary N) is 1. The number of esters is 1. The minimum absolute atomic E-state index is 0.0140. The number of aliphatic carboxylic acids is 1. The van der Waals surface area contributed by atoms with Gasteiger partial charge in [0.15, 0.2) is 11.5 Å². The average molecular weight is 582 g/mol. The van der Waals surface area contributed by atoms with E-state index in [-0.39, 0.29) is 35.8 Å². The zero-order chi connectivity index (χ0) is 31.5. The van der Waals surface area contributed by atoms with Crippen molar-refractivity contribution in [3.05, 3.63) is 23.8 Å².